The third kappa shape index (κ3) is 3.43. The van der Waals surface area contributed by atoms with E-state index in [-0.39, 0.29) is 16.9 Å². The molecule has 1 aromatic carbocycles. The molecule has 1 aromatic rings. The molecule has 19 heavy (non-hydrogen) atoms. The van der Waals surface area contributed by atoms with Crippen molar-refractivity contribution in [1.29, 1.82) is 0 Å². The van der Waals surface area contributed by atoms with Gasteiger partial charge in [-0.25, -0.2) is 4.79 Å². The molecule has 2 N–H and O–H groups in total. The average molecular weight is 264 g/mol. The van der Waals surface area contributed by atoms with E-state index in [1.807, 2.05) is 0 Å². The minimum absolute atomic E-state index is 0.278. The zero-order valence-corrected chi connectivity index (χ0v) is 10.5. The number of nitrogens with zero attached hydrogens (tertiary/aromatic N) is 1. The van der Waals surface area contributed by atoms with Crippen molar-refractivity contribution < 1.29 is 14.8 Å². The second-order valence-corrected chi connectivity index (χ2v) is 4.78. The van der Waals surface area contributed by atoms with E-state index in [0.29, 0.717) is 6.54 Å². The van der Waals surface area contributed by atoms with Crippen LogP contribution in [0.15, 0.2) is 18.2 Å². The summed E-state index contributed by atoms with van der Waals surface area (Å²) in [4.78, 5) is 21.3. The molecule has 1 aliphatic carbocycles. The fourth-order valence-electron chi connectivity index (χ4n) is 2.08. The minimum Gasteiger partial charge on any atom is -0.477 e. The zero-order chi connectivity index (χ0) is 13.8. The first kappa shape index (κ1) is 13.3. The lowest BCUT2D eigenvalue weighted by Crippen LogP contribution is -2.08. The molecule has 6 heteroatoms. The highest BCUT2D eigenvalue weighted by atomic mass is 16.6. The van der Waals surface area contributed by atoms with Crippen LogP contribution in [0.4, 0.5) is 11.4 Å². The van der Waals surface area contributed by atoms with Crippen molar-refractivity contribution in [2.45, 2.75) is 25.7 Å². The van der Waals surface area contributed by atoms with E-state index in [9.17, 15) is 14.9 Å². The van der Waals surface area contributed by atoms with Crippen molar-refractivity contribution >= 4 is 17.3 Å². The smallest absolute Gasteiger partial charge is 0.342 e. The number of nitro benzene ring substituents is 1. The summed E-state index contributed by atoms with van der Waals surface area (Å²) >= 11 is 0. The maximum absolute atomic E-state index is 11.0. The molecule has 0 spiro atoms. The van der Waals surface area contributed by atoms with Crippen molar-refractivity contribution in [2.24, 2.45) is 5.92 Å². The second-order valence-electron chi connectivity index (χ2n) is 4.78. The van der Waals surface area contributed by atoms with Crippen LogP contribution < -0.4 is 5.32 Å². The van der Waals surface area contributed by atoms with Crippen LogP contribution in [-0.2, 0) is 0 Å². The van der Waals surface area contributed by atoms with Gasteiger partial charge in [-0.1, -0.05) is 18.9 Å². The first-order valence-electron chi connectivity index (χ1n) is 6.34. The van der Waals surface area contributed by atoms with Gasteiger partial charge in [-0.2, -0.15) is 0 Å². The van der Waals surface area contributed by atoms with Crippen LogP contribution in [0.2, 0.25) is 0 Å². The Morgan fingerprint density at radius 1 is 1.47 bits per heavy atom. The predicted molar refractivity (Wildman–Crippen MR) is 70.5 cm³/mol. The van der Waals surface area contributed by atoms with Crippen LogP contribution in [0.25, 0.3) is 0 Å². The number of para-hydroxylation sites is 1. The second kappa shape index (κ2) is 5.69. The molecular weight excluding hydrogens is 248 g/mol. The molecule has 0 aromatic heterocycles. The number of hydrogen-bond donors (Lipinski definition) is 2. The number of hydrogen-bond acceptors (Lipinski definition) is 4. The van der Waals surface area contributed by atoms with Gasteiger partial charge in [-0.15, -0.1) is 0 Å². The fourth-order valence-corrected chi connectivity index (χ4v) is 2.08. The summed E-state index contributed by atoms with van der Waals surface area (Å²) in [7, 11) is 0. The van der Waals surface area contributed by atoms with E-state index in [4.69, 9.17) is 5.11 Å². The third-order valence-electron chi connectivity index (χ3n) is 3.25. The highest BCUT2D eigenvalue weighted by Crippen LogP contribution is 2.33. The van der Waals surface area contributed by atoms with Gasteiger partial charge in [0, 0.05) is 6.54 Å². The van der Waals surface area contributed by atoms with Gasteiger partial charge < -0.3 is 10.4 Å². The Bertz CT molecular complexity index is 497. The van der Waals surface area contributed by atoms with E-state index in [2.05, 4.69) is 5.32 Å². The molecule has 0 radical (unpaired) electrons. The molecular formula is C13H16N2O4. The maximum Gasteiger partial charge on any atom is 0.342 e. The van der Waals surface area contributed by atoms with E-state index >= 15 is 0 Å². The molecule has 0 atom stereocenters. The van der Waals surface area contributed by atoms with Crippen LogP contribution in [0.5, 0.6) is 0 Å². The quantitative estimate of drug-likeness (QED) is 0.448. The summed E-state index contributed by atoms with van der Waals surface area (Å²) in [6, 6.07) is 4.30. The molecule has 0 saturated heterocycles. The number of aromatic carboxylic acids is 1. The molecule has 102 valence electrons. The number of carboxylic acid groups (broad SMARTS) is 1. The molecule has 6 nitrogen and oxygen atoms in total. The van der Waals surface area contributed by atoms with Crippen LogP contribution in [-0.4, -0.2) is 22.5 Å². The Kier molecular flexibility index (Phi) is 3.99. The predicted octanol–water partition coefficient (Wildman–Crippen LogP) is 2.90. The number of nitrogens with one attached hydrogen (secondary N) is 1. The number of anilines is 1. The maximum atomic E-state index is 11.0. The lowest BCUT2D eigenvalue weighted by atomic mass is 10.1. The lowest BCUT2D eigenvalue weighted by Gasteiger charge is -2.08. The van der Waals surface area contributed by atoms with Crippen molar-refractivity contribution in [3.8, 4) is 0 Å². The first-order chi connectivity index (χ1) is 9.09. The highest BCUT2D eigenvalue weighted by Gasteiger charge is 2.24. The largest absolute Gasteiger partial charge is 0.477 e. The normalized spacial score (nSPS) is 14.1. The van der Waals surface area contributed by atoms with Gasteiger partial charge >= 0.3 is 11.7 Å². The molecule has 0 unspecified atom stereocenters. The molecule has 1 aliphatic rings. The number of carboxylic acids is 1. The van der Waals surface area contributed by atoms with Gasteiger partial charge in [-0.3, -0.25) is 10.1 Å². The molecule has 0 amide bonds. The average Bonchev–Trinajstić information content (AvgIpc) is 3.18. The Balaban J connectivity index is 2.06. The zero-order valence-electron chi connectivity index (χ0n) is 10.5. The van der Waals surface area contributed by atoms with Gasteiger partial charge in [-0.05, 0) is 30.9 Å². The Hall–Kier alpha value is -2.11. The summed E-state index contributed by atoms with van der Waals surface area (Å²) in [5.74, 6) is -0.463. The highest BCUT2D eigenvalue weighted by molar-refractivity contribution is 5.95. The molecule has 0 heterocycles. The van der Waals surface area contributed by atoms with Crippen molar-refractivity contribution in [3.63, 3.8) is 0 Å². The van der Waals surface area contributed by atoms with E-state index in [1.54, 1.807) is 6.07 Å². The molecule has 1 fully saturated rings. The summed E-state index contributed by atoms with van der Waals surface area (Å²) in [5.41, 5.74) is -0.362. The summed E-state index contributed by atoms with van der Waals surface area (Å²) in [6.07, 6.45) is 4.64. The lowest BCUT2D eigenvalue weighted by molar-refractivity contribution is -0.384. The van der Waals surface area contributed by atoms with Crippen LogP contribution >= 0.6 is 0 Å². The van der Waals surface area contributed by atoms with E-state index in [0.717, 1.165) is 18.8 Å². The Morgan fingerprint density at radius 3 is 2.79 bits per heavy atom. The minimum atomic E-state index is -1.28. The van der Waals surface area contributed by atoms with Gasteiger partial charge in [0.1, 0.15) is 11.3 Å². The number of nitro groups is 1. The van der Waals surface area contributed by atoms with Crippen LogP contribution in [0, 0.1) is 16.0 Å². The standard InChI is InChI=1S/C13H16N2O4/c16-13(17)10-4-1-5-11(12(10)15(18)19)14-8-2-3-9-6-7-9/h1,4-5,9,14H,2-3,6-8H2,(H,16,17). The number of carbonyl (C=O) groups is 1. The first-order valence-corrected chi connectivity index (χ1v) is 6.34. The van der Waals surface area contributed by atoms with E-state index < -0.39 is 10.9 Å². The third-order valence-corrected chi connectivity index (χ3v) is 3.25. The molecule has 0 aliphatic heterocycles. The Morgan fingerprint density at radius 2 is 2.21 bits per heavy atom. The fraction of sp³-hybridized carbons (Fsp3) is 0.462. The van der Waals surface area contributed by atoms with Gasteiger partial charge in [0.25, 0.3) is 0 Å². The van der Waals surface area contributed by atoms with Crippen molar-refractivity contribution in [3.05, 3.63) is 33.9 Å². The Labute approximate surface area is 110 Å². The van der Waals surface area contributed by atoms with Gasteiger partial charge in [0.15, 0.2) is 0 Å². The van der Waals surface area contributed by atoms with Crippen molar-refractivity contribution in [1.82, 2.24) is 0 Å². The number of rotatable bonds is 7. The van der Waals surface area contributed by atoms with Gasteiger partial charge in [0.05, 0.1) is 4.92 Å². The SMILES string of the molecule is O=C(O)c1cccc(NCCCC2CC2)c1[N+](=O)[O-]. The van der Waals surface area contributed by atoms with Crippen LogP contribution in [0.3, 0.4) is 0 Å². The molecule has 2 rings (SSSR count). The summed E-state index contributed by atoms with van der Waals surface area (Å²) in [5, 5.41) is 22.9. The van der Waals surface area contributed by atoms with Crippen LogP contribution in [0.1, 0.15) is 36.0 Å². The molecule has 0 bridgehead atoms. The van der Waals surface area contributed by atoms with Crippen molar-refractivity contribution in [2.75, 3.05) is 11.9 Å². The summed E-state index contributed by atoms with van der Waals surface area (Å²) in [6.45, 7) is 0.625. The van der Waals surface area contributed by atoms with E-state index in [1.165, 1.54) is 25.0 Å². The topological polar surface area (TPSA) is 92.5 Å². The monoisotopic (exact) mass is 264 g/mol. The van der Waals surface area contributed by atoms with Gasteiger partial charge in [0.2, 0.25) is 0 Å². The molecule has 1 saturated carbocycles. The number of benzene rings is 1. The summed E-state index contributed by atoms with van der Waals surface area (Å²) < 4.78 is 0.